The third-order valence-electron chi connectivity index (χ3n) is 4.42. The van der Waals surface area contributed by atoms with Gasteiger partial charge in [0, 0.05) is 31.0 Å². The van der Waals surface area contributed by atoms with Crippen LogP contribution in [0.25, 0.3) is 0 Å². The molecule has 110 valence electrons. The van der Waals surface area contributed by atoms with E-state index in [0.29, 0.717) is 19.6 Å². The fourth-order valence-electron chi connectivity index (χ4n) is 2.72. The molecular weight excluding hydrogens is 240 g/mol. The average molecular weight is 268 g/mol. The Morgan fingerprint density at radius 2 is 2.16 bits per heavy atom. The van der Waals surface area contributed by atoms with Crippen LogP contribution in [0.15, 0.2) is 12.7 Å². The van der Waals surface area contributed by atoms with E-state index in [4.69, 9.17) is 10.5 Å². The molecule has 0 spiro atoms. The van der Waals surface area contributed by atoms with Crippen LogP contribution in [0.1, 0.15) is 41.0 Å². The van der Waals surface area contributed by atoms with E-state index in [1.54, 1.807) is 11.0 Å². The van der Waals surface area contributed by atoms with Gasteiger partial charge in [0.1, 0.15) is 5.54 Å². The van der Waals surface area contributed by atoms with Crippen molar-refractivity contribution in [1.82, 2.24) is 4.90 Å². The Labute approximate surface area is 117 Å². The maximum atomic E-state index is 12.7. The van der Waals surface area contributed by atoms with Crippen LogP contribution in [-0.2, 0) is 9.53 Å². The summed E-state index contributed by atoms with van der Waals surface area (Å²) in [4.78, 5) is 14.5. The molecule has 4 heteroatoms. The molecule has 1 aliphatic carbocycles. The summed E-state index contributed by atoms with van der Waals surface area (Å²) < 4.78 is 5.67. The van der Waals surface area contributed by atoms with E-state index in [1.807, 2.05) is 34.6 Å². The molecule has 0 radical (unpaired) electrons. The zero-order chi connectivity index (χ0) is 14.8. The molecule has 1 amide bonds. The average Bonchev–Trinajstić information content (AvgIpc) is 2.34. The topological polar surface area (TPSA) is 55.6 Å². The number of carbonyl (C=O) groups is 1. The van der Waals surface area contributed by atoms with Crippen molar-refractivity contribution in [3.8, 4) is 0 Å². The van der Waals surface area contributed by atoms with Crippen molar-refractivity contribution in [3.05, 3.63) is 12.7 Å². The number of ether oxygens (including phenoxy) is 1. The molecular formula is C15H28N2O2. The Balaban J connectivity index is 2.90. The summed E-state index contributed by atoms with van der Waals surface area (Å²) in [6.07, 6.45) is 2.39. The fourth-order valence-corrected chi connectivity index (χ4v) is 2.72. The van der Waals surface area contributed by atoms with Gasteiger partial charge in [-0.25, -0.2) is 0 Å². The number of carbonyl (C=O) groups excluding carboxylic acids is 1. The minimum Gasteiger partial charge on any atom is -0.378 e. The molecule has 4 nitrogen and oxygen atoms in total. The van der Waals surface area contributed by atoms with Crippen LogP contribution < -0.4 is 5.73 Å². The lowest BCUT2D eigenvalue weighted by molar-refractivity contribution is -0.180. The first kappa shape index (κ1) is 16.2. The van der Waals surface area contributed by atoms with Crippen molar-refractivity contribution in [2.45, 2.75) is 58.7 Å². The third kappa shape index (κ3) is 2.56. The lowest BCUT2D eigenvalue weighted by atomic mass is 9.54. The van der Waals surface area contributed by atoms with Gasteiger partial charge in [0.05, 0.1) is 6.10 Å². The molecule has 1 saturated carbocycles. The lowest BCUT2D eigenvalue weighted by Crippen LogP contribution is -2.76. The Kier molecular flexibility index (Phi) is 4.80. The van der Waals surface area contributed by atoms with Gasteiger partial charge >= 0.3 is 0 Å². The number of amides is 1. The van der Waals surface area contributed by atoms with E-state index in [1.165, 1.54) is 0 Å². The van der Waals surface area contributed by atoms with Gasteiger partial charge in [-0.15, -0.1) is 6.58 Å². The van der Waals surface area contributed by atoms with Crippen LogP contribution in [0.2, 0.25) is 0 Å². The van der Waals surface area contributed by atoms with Crippen LogP contribution in [0.3, 0.4) is 0 Å². The van der Waals surface area contributed by atoms with Gasteiger partial charge in [-0.1, -0.05) is 19.9 Å². The molecule has 0 aromatic heterocycles. The van der Waals surface area contributed by atoms with E-state index in [-0.39, 0.29) is 23.5 Å². The van der Waals surface area contributed by atoms with Gasteiger partial charge in [0.25, 0.3) is 0 Å². The Bertz CT molecular complexity index is 352. The summed E-state index contributed by atoms with van der Waals surface area (Å²) in [5.74, 6) is 0.00310. The number of hydrogen-bond acceptors (Lipinski definition) is 3. The monoisotopic (exact) mass is 268 g/mol. The zero-order valence-electron chi connectivity index (χ0n) is 12.9. The van der Waals surface area contributed by atoms with E-state index in [2.05, 4.69) is 6.58 Å². The summed E-state index contributed by atoms with van der Waals surface area (Å²) in [7, 11) is 0. The molecule has 1 aliphatic rings. The summed E-state index contributed by atoms with van der Waals surface area (Å²) in [6.45, 7) is 14.9. The summed E-state index contributed by atoms with van der Waals surface area (Å²) in [6, 6.07) is 0.118. The van der Waals surface area contributed by atoms with Crippen molar-refractivity contribution >= 4 is 5.91 Å². The molecule has 0 aromatic rings. The van der Waals surface area contributed by atoms with Crippen molar-refractivity contribution in [2.75, 3.05) is 13.2 Å². The molecule has 0 aliphatic heterocycles. The van der Waals surface area contributed by atoms with E-state index >= 15 is 0 Å². The molecule has 1 fully saturated rings. The summed E-state index contributed by atoms with van der Waals surface area (Å²) in [5.41, 5.74) is 5.24. The van der Waals surface area contributed by atoms with Gasteiger partial charge < -0.3 is 15.4 Å². The van der Waals surface area contributed by atoms with Crippen LogP contribution in [-0.4, -0.2) is 41.6 Å². The number of nitrogens with zero attached hydrogens (tertiary/aromatic N) is 1. The number of nitrogens with two attached hydrogens (primary N) is 1. The van der Waals surface area contributed by atoms with Crippen LogP contribution in [0.5, 0.6) is 0 Å². The zero-order valence-corrected chi connectivity index (χ0v) is 12.9. The molecule has 2 N–H and O–H groups in total. The lowest BCUT2D eigenvalue weighted by Gasteiger charge is -2.59. The molecule has 19 heavy (non-hydrogen) atoms. The molecule has 2 unspecified atom stereocenters. The molecule has 1 rings (SSSR count). The number of rotatable bonds is 6. The highest BCUT2D eigenvalue weighted by molar-refractivity contribution is 5.89. The van der Waals surface area contributed by atoms with Crippen molar-refractivity contribution in [1.29, 1.82) is 0 Å². The SMILES string of the molecule is C=CCN(C(=O)C1(N)CC(OCC)C1(C)C)C(C)C. The largest absolute Gasteiger partial charge is 0.378 e. The maximum absolute atomic E-state index is 12.7. The van der Waals surface area contributed by atoms with Crippen molar-refractivity contribution < 1.29 is 9.53 Å². The minimum absolute atomic E-state index is 0.00310. The molecule has 0 aromatic carbocycles. The second kappa shape index (κ2) is 5.63. The molecule has 0 heterocycles. The van der Waals surface area contributed by atoms with Crippen molar-refractivity contribution in [2.24, 2.45) is 11.1 Å². The first-order chi connectivity index (χ1) is 8.72. The minimum atomic E-state index is -0.833. The van der Waals surface area contributed by atoms with E-state index in [0.717, 1.165) is 0 Å². The van der Waals surface area contributed by atoms with Crippen LogP contribution in [0.4, 0.5) is 0 Å². The standard InChI is InChI=1S/C15H28N2O2/c1-7-9-17(11(3)4)13(18)15(16)10-12(19-8-2)14(15,5)6/h7,11-12H,1,8-10,16H2,2-6H3. The second-order valence-electron chi connectivity index (χ2n) is 6.18. The van der Waals surface area contributed by atoms with Gasteiger partial charge in [0.2, 0.25) is 5.91 Å². The third-order valence-corrected chi connectivity index (χ3v) is 4.42. The first-order valence-corrected chi connectivity index (χ1v) is 7.04. The van der Waals surface area contributed by atoms with Crippen LogP contribution in [0, 0.1) is 5.41 Å². The highest BCUT2D eigenvalue weighted by atomic mass is 16.5. The molecule has 0 bridgehead atoms. The van der Waals surface area contributed by atoms with Crippen molar-refractivity contribution in [3.63, 3.8) is 0 Å². The Hall–Kier alpha value is -0.870. The maximum Gasteiger partial charge on any atom is 0.243 e. The van der Waals surface area contributed by atoms with Gasteiger partial charge in [-0.05, 0) is 20.8 Å². The van der Waals surface area contributed by atoms with Gasteiger partial charge in [-0.2, -0.15) is 0 Å². The predicted molar refractivity (Wildman–Crippen MR) is 77.8 cm³/mol. The Morgan fingerprint density at radius 1 is 1.58 bits per heavy atom. The van der Waals surface area contributed by atoms with Crippen LogP contribution >= 0.6 is 0 Å². The normalized spacial score (nSPS) is 28.9. The smallest absolute Gasteiger partial charge is 0.243 e. The molecule has 0 saturated heterocycles. The Morgan fingerprint density at radius 3 is 2.53 bits per heavy atom. The summed E-state index contributed by atoms with van der Waals surface area (Å²) in [5, 5.41) is 0. The van der Waals surface area contributed by atoms with Gasteiger partial charge in [-0.3, -0.25) is 4.79 Å². The van der Waals surface area contributed by atoms with Gasteiger partial charge in [0.15, 0.2) is 0 Å². The fraction of sp³-hybridized carbons (Fsp3) is 0.800. The first-order valence-electron chi connectivity index (χ1n) is 7.04. The highest BCUT2D eigenvalue weighted by Gasteiger charge is 2.63. The quantitative estimate of drug-likeness (QED) is 0.749. The van der Waals surface area contributed by atoms with E-state index in [9.17, 15) is 4.79 Å². The van der Waals surface area contributed by atoms with E-state index < -0.39 is 5.54 Å². The predicted octanol–water partition coefficient (Wildman–Crippen LogP) is 1.94. The second-order valence-corrected chi connectivity index (χ2v) is 6.18. The summed E-state index contributed by atoms with van der Waals surface area (Å²) >= 11 is 0. The highest BCUT2D eigenvalue weighted by Crippen LogP contribution is 2.50. The number of hydrogen-bond donors (Lipinski definition) is 1. The molecule has 2 atom stereocenters.